The van der Waals surface area contributed by atoms with E-state index in [0.717, 1.165) is 24.2 Å². The lowest BCUT2D eigenvalue weighted by molar-refractivity contribution is -0.142. The van der Waals surface area contributed by atoms with Crippen LogP contribution in [-0.2, 0) is 11.2 Å². The van der Waals surface area contributed by atoms with Crippen LogP contribution in [0.3, 0.4) is 0 Å². The van der Waals surface area contributed by atoms with E-state index in [1.165, 1.54) is 0 Å². The fourth-order valence-electron chi connectivity index (χ4n) is 2.82. The molecule has 116 valence electrons. The number of aliphatic carboxylic acids is 1. The van der Waals surface area contributed by atoms with Gasteiger partial charge in [0.1, 0.15) is 11.4 Å². The molecule has 0 radical (unpaired) electrons. The highest BCUT2D eigenvalue weighted by atomic mass is 16.5. The highest BCUT2D eigenvalue weighted by Gasteiger charge is 2.25. The summed E-state index contributed by atoms with van der Waals surface area (Å²) in [5.74, 6) is -0.812. The van der Waals surface area contributed by atoms with Crippen molar-refractivity contribution >= 4 is 11.9 Å². The number of amides is 1. The Morgan fingerprint density at radius 2 is 2.27 bits per heavy atom. The predicted molar refractivity (Wildman–Crippen MR) is 78.8 cm³/mol. The van der Waals surface area contributed by atoms with Crippen LogP contribution >= 0.6 is 0 Å². The molecule has 0 spiro atoms. The van der Waals surface area contributed by atoms with Gasteiger partial charge in [-0.1, -0.05) is 12.2 Å². The first kappa shape index (κ1) is 14.6. The summed E-state index contributed by atoms with van der Waals surface area (Å²) in [6, 6.07) is 1.49. The maximum absolute atomic E-state index is 12.3. The molecule has 0 saturated carbocycles. The van der Waals surface area contributed by atoms with E-state index in [1.807, 2.05) is 6.08 Å². The average Bonchev–Trinajstić information content (AvgIpc) is 2.54. The predicted octanol–water partition coefficient (Wildman–Crippen LogP) is 1.56. The van der Waals surface area contributed by atoms with Crippen molar-refractivity contribution in [3.63, 3.8) is 0 Å². The van der Waals surface area contributed by atoms with Crippen LogP contribution in [0.1, 0.15) is 35.3 Å². The van der Waals surface area contributed by atoms with E-state index >= 15 is 0 Å². The molecule has 1 aromatic heterocycles. The normalized spacial score (nSPS) is 23.3. The molecule has 0 fully saturated rings. The van der Waals surface area contributed by atoms with Crippen LogP contribution in [0.4, 0.5) is 0 Å². The maximum atomic E-state index is 12.3. The van der Waals surface area contributed by atoms with E-state index < -0.39 is 11.9 Å². The molecule has 3 rings (SSSR count). The van der Waals surface area contributed by atoms with Gasteiger partial charge in [-0.3, -0.25) is 9.59 Å². The van der Waals surface area contributed by atoms with Crippen LogP contribution in [0.5, 0.6) is 5.75 Å². The van der Waals surface area contributed by atoms with Gasteiger partial charge in [0.25, 0.3) is 5.91 Å². The number of fused-ring (bicyclic) bond motifs is 1. The van der Waals surface area contributed by atoms with Crippen molar-refractivity contribution in [1.82, 2.24) is 10.3 Å². The van der Waals surface area contributed by atoms with Crippen molar-refractivity contribution in [2.45, 2.75) is 31.7 Å². The van der Waals surface area contributed by atoms with Crippen molar-refractivity contribution in [2.75, 3.05) is 6.61 Å². The molecule has 1 aliphatic carbocycles. The zero-order valence-electron chi connectivity index (χ0n) is 12.1. The minimum absolute atomic E-state index is 0.267. The van der Waals surface area contributed by atoms with Crippen LogP contribution in [-0.4, -0.2) is 34.6 Å². The summed E-state index contributed by atoms with van der Waals surface area (Å²) in [5, 5.41) is 11.9. The molecule has 2 N–H and O–H groups in total. The number of nitrogens with one attached hydrogen (secondary N) is 1. The van der Waals surface area contributed by atoms with E-state index in [2.05, 4.69) is 10.3 Å². The summed E-state index contributed by atoms with van der Waals surface area (Å²) in [4.78, 5) is 27.5. The molecule has 22 heavy (non-hydrogen) atoms. The lowest BCUT2D eigenvalue weighted by atomic mass is 9.91. The van der Waals surface area contributed by atoms with E-state index in [9.17, 15) is 9.59 Å². The zero-order chi connectivity index (χ0) is 15.5. The molecule has 1 aromatic rings. The summed E-state index contributed by atoms with van der Waals surface area (Å²) in [6.07, 6.45) is 7.97. The van der Waals surface area contributed by atoms with Gasteiger partial charge in [-0.2, -0.15) is 0 Å². The van der Waals surface area contributed by atoms with Gasteiger partial charge in [0.15, 0.2) is 0 Å². The van der Waals surface area contributed by atoms with Gasteiger partial charge in [-0.25, -0.2) is 4.98 Å². The number of carboxylic acid groups (broad SMARTS) is 1. The molecule has 6 nitrogen and oxygen atoms in total. The number of rotatable bonds is 3. The molecule has 2 atom stereocenters. The average molecular weight is 302 g/mol. The molecule has 2 heterocycles. The number of pyridine rings is 1. The Kier molecular flexibility index (Phi) is 4.09. The third-order valence-electron chi connectivity index (χ3n) is 4.02. The standard InChI is InChI=1S/C16H18N2O4/c19-15(18-12-5-1-3-11(7-12)16(20)21)13-8-10-4-2-6-22-14(10)9-17-13/h1,5,8-9,11-12H,2-4,6-7H2,(H,18,19)(H,20,21)/t11-,12-/m1/s1. The molecule has 6 heteroatoms. The lowest BCUT2D eigenvalue weighted by Crippen LogP contribution is -2.38. The Balaban J connectivity index is 1.68. The van der Waals surface area contributed by atoms with Crippen molar-refractivity contribution in [2.24, 2.45) is 5.92 Å². The van der Waals surface area contributed by atoms with E-state index in [4.69, 9.17) is 9.84 Å². The van der Waals surface area contributed by atoms with Gasteiger partial charge >= 0.3 is 5.97 Å². The maximum Gasteiger partial charge on any atom is 0.306 e. The summed E-state index contributed by atoms with van der Waals surface area (Å²) < 4.78 is 5.48. The molecular formula is C16H18N2O4. The fourth-order valence-corrected chi connectivity index (χ4v) is 2.82. The third-order valence-corrected chi connectivity index (χ3v) is 4.02. The number of nitrogens with zero attached hydrogens (tertiary/aromatic N) is 1. The minimum Gasteiger partial charge on any atom is -0.492 e. The highest BCUT2D eigenvalue weighted by Crippen LogP contribution is 2.24. The van der Waals surface area contributed by atoms with Gasteiger partial charge in [0, 0.05) is 6.04 Å². The number of carboxylic acids is 1. The SMILES string of the molecule is O=C(N[C@@H]1C=CC[C@@H](C(=O)O)C1)c1cc2c(cn1)OCCC2. The quantitative estimate of drug-likeness (QED) is 0.827. The largest absolute Gasteiger partial charge is 0.492 e. The van der Waals surface area contributed by atoms with E-state index in [-0.39, 0.29) is 11.9 Å². The first-order valence-corrected chi connectivity index (χ1v) is 7.45. The molecule has 0 aromatic carbocycles. The molecule has 0 bridgehead atoms. The van der Waals surface area contributed by atoms with Crippen molar-refractivity contribution < 1.29 is 19.4 Å². The molecule has 0 saturated heterocycles. The second kappa shape index (κ2) is 6.17. The van der Waals surface area contributed by atoms with E-state index in [0.29, 0.717) is 25.1 Å². The summed E-state index contributed by atoms with van der Waals surface area (Å²) in [6.45, 7) is 0.684. The molecule has 2 aliphatic rings. The Morgan fingerprint density at radius 1 is 1.41 bits per heavy atom. The first-order valence-electron chi connectivity index (χ1n) is 7.45. The first-order chi connectivity index (χ1) is 10.6. The molecule has 1 aliphatic heterocycles. The van der Waals surface area contributed by atoms with Crippen LogP contribution in [0, 0.1) is 5.92 Å². The Labute approximate surface area is 128 Å². The van der Waals surface area contributed by atoms with Gasteiger partial charge < -0.3 is 15.2 Å². The Hall–Kier alpha value is -2.37. The number of hydrogen-bond donors (Lipinski definition) is 2. The van der Waals surface area contributed by atoms with Crippen molar-refractivity contribution in [3.05, 3.63) is 35.7 Å². The summed E-state index contributed by atoms with van der Waals surface area (Å²) in [5.41, 5.74) is 1.34. The van der Waals surface area contributed by atoms with Gasteiger partial charge in [0.05, 0.1) is 18.7 Å². The van der Waals surface area contributed by atoms with Gasteiger partial charge in [-0.15, -0.1) is 0 Å². The van der Waals surface area contributed by atoms with Gasteiger partial charge in [-0.05, 0) is 37.3 Å². The van der Waals surface area contributed by atoms with Crippen LogP contribution in [0.15, 0.2) is 24.4 Å². The topological polar surface area (TPSA) is 88.5 Å². The Bertz CT molecular complexity index is 627. The number of carbonyl (C=O) groups excluding carboxylic acids is 1. The van der Waals surface area contributed by atoms with Crippen molar-refractivity contribution in [3.8, 4) is 5.75 Å². The molecule has 0 unspecified atom stereocenters. The number of ether oxygens (including phenoxy) is 1. The number of allylic oxidation sites excluding steroid dienone is 1. The summed E-state index contributed by atoms with van der Waals surface area (Å²) >= 11 is 0. The van der Waals surface area contributed by atoms with Crippen LogP contribution < -0.4 is 10.1 Å². The number of aryl methyl sites for hydroxylation is 1. The third kappa shape index (κ3) is 3.10. The van der Waals surface area contributed by atoms with Gasteiger partial charge in [0.2, 0.25) is 0 Å². The smallest absolute Gasteiger partial charge is 0.306 e. The number of carbonyl (C=O) groups is 2. The summed E-state index contributed by atoms with van der Waals surface area (Å²) in [7, 11) is 0. The second-order valence-electron chi connectivity index (χ2n) is 5.64. The highest BCUT2D eigenvalue weighted by molar-refractivity contribution is 5.93. The van der Waals surface area contributed by atoms with Crippen LogP contribution in [0.25, 0.3) is 0 Å². The monoisotopic (exact) mass is 302 g/mol. The minimum atomic E-state index is -0.826. The van der Waals surface area contributed by atoms with Crippen molar-refractivity contribution in [1.29, 1.82) is 0 Å². The number of aromatic nitrogens is 1. The van der Waals surface area contributed by atoms with E-state index in [1.54, 1.807) is 18.3 Å². The van der Waals surface area contributed by atoms with Crippen LogP contribution in [0.2, 0.25) is 0 Å². The fraction of sp³-hybridized carbons (Fsp3) is 0.438. The molecule has 1 amide bonds. The second-order valence-corrected chi connectivity index (χ2v) is 5.64. The Morgan fingerprint density at radius 3 is 3.09 bits per heavy atom. The lowest BCUT2D eigenvalue weighted by Gasteiger charge is -2.23. The zero-order valence-corrected chi connectivity index (χ0v) is 12.1. The number of hydrogen-bond acceptors (Lipinski definition) is 4. The molecular weight excluding hydrogens is 284 g/mol.